The lowest BCUT2D eigenvalue weighted by molar-refractivity contribution is 0.552. The van der Waals surface area contributed by atoms with Crippen LogP contribution in [0.5, 0.6) is 0 Å². The quantitative estimate of drug-likeness (QED) is 0.487. The van der Waals surface area contributed by atoms with E-state index >= 15 is 0 Å². The first-order valence-corrected chi connectivity index (χ1v) is 7.66. The van der Waals surface area contributed by atoms with Crippen molar-refractivity contribution in [1.29, 1.82) is 0 Å². The van der Waals surface area contributed by atoms with E-state index in [-0.39, 0.29) is 0 Å². The highest BCUT2D eigenvalue weighted by Gasteiger charge is 2.14. The molecule has 12 heavy (non-hydrogen) atoms. The Morgan fingerprint density at radius 2 is 1.67 bits per heavy atom. The van der Waals surface area contributed by atoms with Crippen molar-refractivity contribution in [2.75, 3.05) is 11.5 Å². The van der Waals surface area contributed by atoms with Crippen LogP contribution in [0.3, 0.4) is 0 Å². The topological polar surface area (TPSA) is 0 Å². The molecular formula is C10H22S2. The van der Waals surface area contributed by atoms with E-state index < -0.39 is 0 Å². The highest BCUT2D eigenvalue weighted by Crippen LogP contribution is 2.36. The fraction of sp³-hybridized carbons (Fsp3) is 1.00. The van der Waals surface area contributed by atoms with Gasteiger partial charge in [-0.05, 0) is 12.3 Å². The van der Waals surface area contributed by atoms with Crippen molar-refractivity contribution in [1.82, 2.24) is 0 Å². The van der Waals surface area contributed by atoms with Crippen molar-refractivity contribution < 1.29 is 0 Å². The van der Waals surface area contributed by atoms with Crippen molar-refractivity contribution >= 4 is 21.6 Å². The molecule has 1 aliphatic rings. The Labute approximate surface area is 85.7 Å². The predicted molar refractivity (Wildman–Crippen MR) is 63.9 cm³/mol. The Bertz CT molecular complexity index is 77.9. The van der Waals surface area contributed by atoms with Crippen LogP contribution >= 0.6 is 21.6 Å². The maximum Gasteiger partial charge on any atom is 0.00735 e. The van der Waals surface area contributed by atoms with Gasteiger partial charge in [-0.15, -0.1) is 0 Å². The Hall–Kier alpha value is 0.700. The Morgan fingerprint density at radius 3 is 2.17 bits per heavy atom. The molecule has 0 aromatic rings. The highest BCUT2D eigenvalue weighted by molar-refractivity contribution is 8.77. The maximum atomic E-state index is 2.28. The van der Waals surface area contributed by atoms with Gasteiger partial charge in [0.1, 0.15) is 0 Å². The molecule has 1 heterocycles. The standard InChI is InChI=1S/C8H16S2.C2H6/c1-2-3-4-5-8-6-9-10-7-8;1-2/h8H,2-7H2,1H3;1-2H3. The summed E-state index contributed by atoms with van der Waals surface area (Å²) in [5, 5.41) is 0. The van der Waals surface area contributed by atoms with Gasteiger partial charge in [-0.2, -0.15) is 0 Å². The van der Waals surface area contributed by atoms with Crippen LogP contribution in [0, 0.1) is 5.92 Å². The fourth-order valence-electron chi connectivity index (χ4n) is 1.19. The van der Waals surface area contributed by atoms with Crippen LogP contribution < -0.4 is 0 Å². The lowest BCUT2D eigenvalue weighted by Gasteiger charge is -2.04. The largest absolute Gasteiger partial charge is 0.0938 e. The molecule has 0 radical (unpaired) electrons. The van der Waals surface area contributed by atoms with Crippen molar-refractivity contribution in [3.05, 3.63) is 0 Å². The first kappa shape index (κ1) is 12.7. The molecule has 74 valence electrons. The monoisotopic (exact) mass is 206 g/mol. The SMILES string of the molecule is CC.CCCCCC1CSSC1. The molecule has 0 atom stereocenters. The van der Waals surface area contributed by atoms with Gasteiger partial charge in [0, 0.05) is 11.5 Å². The predicted octanol–water partition coefficient (Wildman–Crippen LogP) is 4.60. The summed E-state index contributed by atoms with van der Waals surface area (Å²) in [6.45, 7) is 6.28. The van der Waals surface area contributed by atoms with E-state index in [1.165, 1.54) is 37.2 Å². The summed E-state index contributed by atoms with van der Waals surface area (Å²) in [5.41, 5.74) is 0. The van der Waals surface area contributed by atoms with Crippen LogP contribution in [-0.2, 0) is 0 Å². The molecule has 0 aromatic carbocycles. The van der Waals surface area contributed by atoms with Crippen LogP contribution in [0.2, 0.25) is 0 Å². The fourth-order valence-corrected chi connectivity index (χ4v) is 4.21. The summed E-state index contributed by atoms with van der Waals surface area (Å²) in [6.07, 6.45) is 5.75. The van der Waals surface area contributed by atoms with Gasteiger partial charge in [-0.3, -0.25) is 0 Å². The van der Waals surface area contributed by atoms with Gasteiger partial charge in [0.15, 0.2) is 0 Å². The Balaban J connectivity index is 0.000000561. The van der Waals surface area contributed by atoms with Gasteiger partial charge in [0.05, 0.1) is 0 Å². The summed E-state index contributed by atoms with van der Waals surface area (Å²) in [6, 6.07) is 0. The van der Waals surface area contributed by atoms with Gasteiger partial charge >= 0.3 is 0 Å². The normalized spacial score (nSPS) is 17.2. The number of hydrogen-bond acceptors (Lipinski definition) is 2. The molecule has 1 aliphatic heterocycles. The Kier molecular flexibility index (Phi) is 10.4. The van der Waals surface area contributed by atoms with Crippen LogP contribution in [0.1, 0.15) is 46.5 Å². The summed E-state index contributed by atoms with van der Waals surface area (Å²) < 4.78 is 0. The van der Waals surface area contributed by atoms with Gasteiger partial charge in [-0.25, -0.2) is 0 Å². The van der Waals surface area contributed by atoms with Gasteiger partial charge < -0.3 is 0 Å². The second-order valence-electron chi connectivity index (χ2n) is 2.93. The molecule has 0 saturated carbocycles. The molecule has 1 rings (SSSR count). The van der Waals surface area contributed by atoms with E-state index in [1.54, 1.807) is 0 Å². The molecule has 0 aliphatic carbocycles. The average Bonchev–Trinajstić information content (AvgIpc) is 2.61. The lowest BCUT2D eigenvalue weighted by Crippen LogP contribution is -2.00. The molecule has 0 N–H and O–H groups in total. The van der Waals surface area contributed by atoms with Crippen LogP contribution in [0.25, 0.3) is 0 Å². The number of rotatable bonds is 4. The van der Waals surface area contributed by atoms with Crippen LogP contribution in [0.4, 0.5) is 0 Å². The highest BCUT2D eigenvalue weighted by atomic mass is 33.1. The zero-order chi connectivity index (χ0) is 9.23. The zero-order valence-corrected chi connectivity index (χ0v) is 10.3. The number of unbranched alkanes of at least 4 members (excludes halogenated alkanes) is 2. The molecule has 0 bridgehead atoms. The molecule has 0 spiro atoms. The molecule has 0 nitrogen and oxygen atoms in total. The van der Waals surface area contributed by atoms with Crippen molar-refractivity contribution in [3.63, 3.8) is 0 Å². The molecule has 2 heteroatoms. The van der Waals surface area contributed by atoms with Crippen molar-refractivity contribution in [2.45, 2.75) is 46.5 Å². The first-order valence-electron chi connectivity index (χ1n) is 5.18. The van der Waals surface area contributed by atoms with E-state index in [9.17, 15) is 0 Å². The van der Waals surface area contributed by atoms with Gasteiger partial charge in [0.2, 0.25) is 0 Å². The maximum absolute atomic E-state index is 2.28. The Morgan fingerprint density at radius 1 is 1.08 bits per heavy atom. The second kappa shape index (κ2) is 9.79. The lowest BCUT2D eigenvalue weighted by atomic mass is 10.1. The molecule has 1 fully saturated rings. The van der Waals surface area contributed by atoms with E-state index in [0.29, 0.717) is 0 Å². The van der Waals surface area contributed by atoms with Gasteiger partial charge in [0.25, 0.3) is 0 Å². The molecule has 1 saturated heterocycles. The van der Waals surface area contributed by atoms with Gasteiger partial charge in [-0.1, -0.05) is 61.6 Å². The minimum atomic E-state index is 1.04. The summed E-state index contributed by atoms with van der Waals surface area (Å²) >= 11 is 0. The number of hydrogen-bond donors (Lipinski definition) is 0. The third-order valence-corrected chi connectivity index (χ3v) is 4.60. The molecule has 0 amide bonds. The first-order chi connectivity index (χ1) is 5.93. The third-order valence-electron chi connectivity index (χ3n) is 1.91. The van der Waals surface area contributed by atoms with Crippen LogP contribution in [0.15, 0.2) is 0 Å². The third kappa shape index (κ3) is 6.24. The van der Waals surface area contributed by atoms with Crippen molar-refractivity contribution in [2.24, 2.45) is 5.92 Å². The van der Waals surface area contributed by atoms with E-state index in [1.807, 2.05) is 13.8 Å². The van der Waals surface area contributed by atoms with E-state index in [0.717, 1.165) is 5.92 Å². The minimum absolute atomic E-state index is 1.04. The van der Waals surface area contributed by atoms with Crippen LogP contribution in [-0.4, -0.2) is 11.5 Å². The van der Waals surface area contributed by atoms with Crippen molar-refractivity contribution in [3.8, 4) is 0 Å². The van der Waals surface area contributed by atoms with E-state index in [4.69, 9.17) is 0 Å². The van der Waals surface area contributed by atoms with E-state index in [2.05, 4.69) is 28.5 Å². The average molecular weight is 206 g/mol. The second-order valence-corrected chi connectivity index (χ2v) is 5.48. The molecule has 0 unspecified atom stereocenters. The smallest absolute Gasteiger partial charge is 0.00735 e. The summed E-state index contributed by atoms with van der Waals surface area (Å²) in [4.78, 5) is 0. The summed E-state index contributed by atoms with van der Waals surface area (Å²) in [5.74, 6) is 3.87. The molecule has 0 aromatic heterocycles. The zero-order valence-electron chi connectivity index (χ0n) is 8.64. The minimum Gasteiger partial charge on any atom is -0.0938 e. The molecular weight excluding hydrogens is 184 g/mol. The summed E-state index contributed by atoms with van der Waals surface area (Å²) in [7, 11) is 4.11.